The minimum absolute atomic E-state index is 0.0461. The Balaban J connectivity index is 1.40. The second kappa shape index (κ2) is 8.94. The molecule has 2 N–H and O–H groups in total. The van der Waals surface area contributed by atoms with Crippen molar-refractivity contribution in [1.29, 1.82) is 0 Å². The molecule has 1 aliphatic heterocycles. The van der Waals surface area contributed by atoms with Crippen LogP contribution in [0.2, 0.25) is 0 Å². The van der Waals surface area contributed by atoms with Gasteiger partial charge in [0, 0.05) is 41.3 Å². The lowest BCUT2D eigenvalue weighted by atomic mass is 10.1. The summed E-state index contributed by atoms with van der Waals surface area (Å²) in [6.07, 6.45) is 0.176. The van der Waals surface area contributed by atoms with Crippen LogP contribution in [0, 0.1) is 33.6 Å². The van der Waals surface area contributed by atoms with Crippen LogP contribution in [-0.4, -0.2) is 28.9 Å². The number of anilines is 2. The number of benzene rings is 2. The highest BCUT2D eigenvalue weighted by molar-refractivity contribution is 6.04. The van der Waals surface area contributed by atoms with Crippen molar-refractivity contribution in [3.8, 4) is 0 Å². The summed E-state index contributed by atoms with van der Waals surface area (Å²) in [5, 5.41) is 2.88. The minimum Gasteiger partial charge on any atom is -0.326 e. The molecule has 3 aromatic rings. The molecule has 1 aliphatic rings. The van der Waals surface area contributed by atoms with Crippen molar-refractivity contribution < 1.29 is 14.4 Å². The molecule has 4 rings (SSSR count). The van der Waals surface area contributed by atoms with E-state index >= 15 is 0 Å². The molecule has 1 atom stereocenters. The molecular formula is C26H28N4O3. The Morgan fingerprint density at radius 3 is 2.09 bits per heavy atom. The number of carbonyl (C=O) groups excluding carboxylic acids is 3. The summed E-state index contributed by atoms with van der Waals surface area (Å²) in [4.78, 5) is 39.8. The normalized spacial score (nSPS) is 15.6. The zero-order valence-corrected chi connectivity index (χ0v) is 19.3. The summed E-state index contributed by atoms with van der Waals surface area (Å²) in [5.41, 5.74) is 8.73. The molecule has 33 heavy (non-hydrogen) atoms. The Labute approximate surface area is 193 Å². The van der Waals surface area contributed by atoms with Crippen molar-refractivity contribution in [2.75, 3.05) is 22.2 Å². The molecule has 0 radical (unpaired) electrons. The summed E-state index contributed by atoms with van der Waals surface area (Å²) < 4.78 is 1.73. The van der Waals surface area contributed by atoms with Crippen LogP contribution < -0.4 is 15.6 Å². The SMILES string of the molecule is Cc1cccc(C)c1N1C[C@@H](C(=O)Nc2ccc(C(=O)Nn3c(C)ccc3C)cc2)CC1=O. The first-order chi connectivity index (χ1) is 15.7. The van der Waals surface area contributed by atoms with Gasteiger partial charge in [0.15, 0.2) is 0 Å². The number of amides is 3. The first kappa shape index (κ1) is 22.3. The van der Waals surface area contributed by atoms with Gasteiger partial charge >= 0.3 is 0 Å². The smallest absolute Gasteiger partial charge is 0.270 e. The fraction of sp³-hybridized carbons (Fsp3) is 0.269. The van der Waals surface area contributed by atoms with Crippen LogP contribution >= 0.6 is 0 Å². The highest BCUT2D eigenvalue weighted by Gasteiger charge is 2.36. The predicted molar refractivity (Wildman–Crippen MR) is 129 cm³/mol. The quantitative estimate of drug-likeness (QED) is 0.622. The van der Waals surface area contributed by atoms with Crippen molar-refractivity contribution in [1.82, 2.24) is 4.68 Å². The van der Waals surface area contributed by atoms with E-state index in [-0.39, 0.29) is 24.1 Å². The number of hydrogen-bond donors (Lipinski definition) is 2. The van der Waals surface area contributed by atoms with Gasteiger partial charge < -0.3 is 10.2 Å². The molecule has 7 heteroatoms. The van der Waals surface area contributed by atoms with Crippen molar-refractivity contribution in [3.63, 3.8) is 0 Å². The summed E-state index contributed by atoms with van der Waals surface area (Å²) >= 11 is 0. The van der Waals surface area contributed by atoms with Gasteiger partial charge in [-0.25, -0.2) is 0 Å². The zero-order valence-electron chi connectivity index (χ0n) is 19.3. The molecule has 3 amide bonds. The average Bonchev–Trinajstić information content (AvgIpc) is 3.31. The molecule has 170 valence electrons. The highest BCUT2D eigenvalue weighted by Crippen LogP contribution is 2.31. The number of aromatic nitrogens is 1. The van der Waals surface area contributed by atoms with Gasteiger partial charge in [0.25, 0.3) is 5.91 Å². The predicted octanol–water partition coefficient (Wildman–Crippen LogP) is 4.10. The molecule has 0 bridgehead atoms. The lowest BCUT2D eigenvalue weighted by Gasteiger charge is -2.21. The second-order valence-electron chi connectivity index (χ2n) is 8.60. The van der Waals surface area contributed by atoms with Crippen molar-refractivity contribution >= 4 is 29.1 Å². The van der Waals surface area contributed by atoms with Gasteiger partial charge in [-0.05, 0) is 75.2 Å². The van der Waals surface area contributed by atoms with Gasteiger partial charge in [-0.1, -0.05) is 18.2 Å². The van der Waals surface area contributed by atoms with Crippen LogP contribution in [0.3, 0.4) is 0 Å². The van der Waals surface area contributed by atoms with E-state index in [0.29, 0.717) is 17.8 Å². The monoisotopic (exact) mass is 444 g/mol. The van der Waals surface area contributed by atoms with Crippen molar-refractivity contribution in [2.45, 2.75) is 34.1 Å². The molecule has 1 saturated heterocycles. The zero-order chi connectivity index (χ0) is 23.7. The van der Waals surface area contributed by atoms with Gasteiger partial charge in [0.2, 0.25) is 11.8 Å². The lowest BCUT2D eigenvalue weighted by Crippen LogP contribution is -2.29. The Kier molecular flexibility index (Phi) is 6.05. The fourth-order valence-electron chi connectivity index (χ4n) is 4.29. The Hall–Kier alpha value is -3.87. The third kappa shape index (κ3) is 4.53. The second-order valence-corrected chi connectivity index (χ2v) is 8.60. The topological polar surface area (TPSA) is 83.4 Å². The van der Waals surface area contributed by atoms with Gasteiger partial charge in [0.05, 0.1) is 5.92 Å². The molecule has 0 aliphatic carbocycles. The fourth-order valence-corrected chi connectivity index (χ4v) is 4.29. The van der Waals surface area contributed by atoms with Crippen molar-refractivity contribution in [3.05, 3.63) is 82.7 Å². The van der Waals surface area contributed by atoms with E-state index in [4.69, 9.17) is 0 Å². The Morgan fingerprint density at radius 2 is 1.48 bits per heavy atom. The first-order valence-corrected chi connectivity index (χ1v) is 11.0. The van der Waals surface area contributed by atoms with E-state index in [1.54, 1.807) is 33.8 Å². The Morgan fingerprint density at radius 1 is 0.879 bits per heavy atom. The van der Waals surface area contributed by atoms with E-state index in [9.17, 15) is 14.4 Å². The van der Waals surface area contributed by atoms with Crippen LogP contribution in [0.5, 0.6) is 0 Å². The van der Waals surface area contributed by atoms with E-state index in [0.717, 1.165) is 28.2 Å². The summed E-state index contributed by atoms with van der Waals surface area (Å²) in [7, 11) is 0. The summed E-state index contributed by atoms with van der Waals surface area (Å²) in [5.74, 6) is -0.914. The third-order valence-corrected chi connectivity index (χ3v) is 6.10. The minimum atomic E-state index is -0.431. The number of para-hydroxylation sites is 1. The van der Waals surface area contributed by atoms with Gasteiger partial charge in [-0.15, -0.1) is 0 Å². The van der Waals surface area contributed by atoms with Gasteiger partial charge in [0.1, 0.15) is 0 Å². The number of aryl methyl sites for hydroxylation is 4. The van der Waals surface area contributed by atoms with Crippen molar-refractivity contribution in [2.24, 2.45) is 5.92 Å². The van der Waals surface area contributed by atoms with E-state index in [1.165, 1.54) is 0 Å². The van der Waals surface area contributed by atoms with Gasteiger partial charge in [-0.2, -0.15) is 0 Å². The van der Waals surface area contributed by atoms with E-state index in [2.05, 4.69) is 10.7 Å². The standard InChI is InChI=1S/C26H28N4O3/c1-16-6-5-7-17(2)24(16)29-15-21(14-23(29)31)25(32)27-22-12-10-20(11-13-22)26(33)28-30-18(3)8-9-19(30)4/h5-13,21H,14-15H2,1-4H3,(H,27,32)(H,28,33)/t21-/m0/s1. The lowest BCUT2D eigenvalue weighted by molar-refractivity contribution is -0.122. The maximum Gasteiger partial charge on any atom is 0.270 e. The van der Waals surface area contributed by atoms with Gasteiger partial charge in [-0.3, -0.25) is 24.5 Å². The van der Waals surface area contributed by atoms with E-state index < -0.39 is 5.92 Å². The largest absolute Gasteiger partial charge is 0.326 e. The molecule has 1 fully saturated rings. The molecule has 0 unspecified atom stereocenters. The van der Waals surface area contributed by atoms with Crippen LogP contribution in [0.1, 0.15) is 39.3 Å². The number of hydrogen-bond acceptors (Lipinski definition) is 3. The maximum absolute atomic E-state index is 12.8. The molecule has 2 aromatic carbocycles. The summed E-state index contributed by atoms with van der Waals surface area (Å²) in [6, 6.07) is 16.5. The molecular weight excluding hydrogens is 416 g/mol. The molecule has 0 saturated carbocycles. The highest BCUT2D eigenvalue weighted by atomic mass is 16.2. The van der Waals surface area contributed by atoms with Crippen LogP contribution in [0.15, 0.2) is 54.6 Å². The molecule has 2 heterocycles. The average molecular weight is 445 g/mol. The molecule has 7 nitrogen and oxygen atoms in total. The third-order valence-electron chi connectivity index (χ3n) is 6.10. The number of rotatable bonds is 5. The molecule has 0 spiro atoms. The van der Waals surface area contributed by atoms with Crippen LogP contribution in [0.25, 0.3) is 0 Å². The van der Waals surface area contributed by atoms with Crippen LogP contribution in [-0.2, 0) is 9.59 Å². The van der Waals surface area contributed by atoms with Crippen LogP contribution in [0.4, 0.5) is 11.4 Å². The Bertz CT molecular complexity index is 1190. The first-order valence-electron chi connectivity index (χ1n) is 11.0. The number of carbonyl (C=O) groups is 3. The maximum atomic E-state index is 12.8. The summed E-state index contributed by atoms with van der Waals surface area (Å²) in [6.45, 7) is 8.13. The number of nitrogens with one attached hydrogen (secondary N) is 2. The number of nitrogens with zero attached hydrogens (tertiary/aromatic N) is 2. The van der Waals surface area contributed by atoms with E-state index in [1.807, 2.05) is 58.0 Å². The molecule has 1 aromatic heterocycles.